The summed E-state index contributed by atoms with van der Waals surface area (Å²) in [6.45, 7) is 2.37. The number of carboxylic acids is 1. The van der Waals surface area contributed by atoms with Gasteiger partial charge in [0.15, 0.2) is 0 Å². The van der Waals surface area contributed by atoms with Gasteiger partial charge >= 0.3 is 5.97 Å². The third-order valence-corrected chi connectivity index (χ3v) is 4.63. The molecule has 0 radical (unpaired) electrons. The van der Waals surface area contributed by atoms with Crippen LogP contribution in [0.1, 0.15) is 19.8 Å². The molecule has 2 rings (SSSR count). The van der Waals surface area contributed by atoms with Crippen LogP contribution in [0.2, 0.25) is 0 Å². The van der Waals surface area contributed by atoms with Crippen molar-refractivity contribution in [3.05, 3.63) is 24.3 Å². The maximum Gasteiger partial charge on any atom is 0.326 e. The lowest BCUT2D eigenvalue weighted by molar-refractivity contribution is -0.140. The van der Waals surface area contributed by atoms with Gasteiger partial charge in [-0.15, -0.1) is 0 Å². The van der Waals surface area contributed by atoms with Gasteiger partial charge in [-0.25, -0.2) is 18.4 Å². The van der Waals surface area contributed by atoms with E-state index < -0.39 is 22.0 Å². The molecule has 1 heterocycles. The van der Waals surface area contributed by atoms with Crippen LogP contribution in [0, 0.1) is 5.92 Å². The van der Waals surface area contributed by atoms with Crippen LogP contribution in [0.15, 0.2) is 29.2 Å². The Morgan fingerprint density at radius 2 is 2.05 bits per heavy atom. The second-order valence-electron chi connectivity index (χ2n) is 5.11. The fraction of sp³-hybridized carbons (Fsp3) is 0.462. The van der Waals surface area contributed by atoms with Gasteiger partial charge in [0.05, 0.1) is 5.69 Å². The summed E-state index contributed by atoms with van der Waals surface area (Å²) in [5.41, 5.74) is 0.369. The third-order valence-electron chi connectivity index (χ3n) is 3.67. The number of primary sulfonamides is 1. The number of carboxylic acid groups (broad SMARTS) is 1. The van der Waals surface area contributed by atoms with E-state index in [1.165, 1.54) is 6.07 Å². The first kappa shape index (κ1) is 14.8. The van der Waals surface area contributed by atoms with E-state index in [1.807, 2.05) is 6.92 Å². The molecule has 1 fully saturated rings. The SMILES string of the molecule is CC1CCCN(c2ccccc2S(N)(=O)=O)C1C(=O)O. The largest absolute Gasteiger partial charge is 0.480 e. The molecule has 0 amide bonds. The Balaban J connectivity index is 2.52. The van der Waals surface area contributed by atoms with E-state index in [-0.39, 0.29) is 10.8 Å². The molecule has 1 aliphatic rings. The van der Waals surface area contributed by atoms with Crippen molar-refractivity contribution >= 4 is 21.7 Å². The van der Waals surface area contributed by atoms with Crippen molar-refractivity contribution in [2.75, 3.05) is 11.4 Å². The van der Waals surface area contributed by atoms with Crippen molar-refractivity contribution in [1.82, 2.24) is 0 Å². The Kier molecular flexibility index (Phi) is 4.01. The summed E-state index contributed by atoms with van der Waals surface area (Å²) in [7, 11) is -3.88. The molecule has 0 saturated carbocycles. The van der Waals surface area contributed by atoms with E-state index in [1.54, 1.807) is 23.1 Å². The summed E-state index contributed by atoms with van der Waals surface area (Å²) in [5.74, 6) is -0.990. The molecule has 0 bridgehead atoms. The van der Waals surface area contributed by atoms with Crippen LogP contribution in [-0.4, -0.2) is 32.1 Å². The predicted molar refractivity (Wildman–Crippen MR) is 75.0 cm³/mol. The van der Waals surface area contributed by atoms with Gasteiger partial charge in [0, 0.05) is 6.54 Å². The number of anilines is 1. The number of hydrogen-bond donors (Lipinski definition) is 2. The highest BCUT2D eigenvalue weighted by Gasteiger charge is 2.36. The first-order valence-corrected chi connectivity index (χ1v) is 7.98. The molecule has 2 atom stereocenters. The number of sulfonamides is 1. The van der Waals surface area contributed by atoms with Crippen molar-refractivity contribution in [2.24, 2.45) is 11.1 Å². The Hall–Kier alpha value is -1.60. The Morgan fingerprint density at radius 1 is 1.40 bits per heavy atom. The molecule has 7 heteroatoms. The third kappa shape index (κ3) is 2.78. The topological polar surface area (TPSA) is 101 Å². The quantitative estimate of drug-likeness (QED) is 0.867. The van der Waals surface area contributed by atoms with E-state index in [2.05, 4.69) is 0 Å². The summed E-state index contributed by atoms with van der Waals surface area (Å²) >= 11 is 0. The van der Waals surface area contributed by atoms with Crippen LogP contribution in [0.5, 0.6) is 0 Å². The number of aliphatic carboxylic acids is 1. The lowest BCUT2D eigenvalue weighted by atomic mass is 9.90. The highest BCUT2D eigenvalue weighted by Crippen LogP contribution is 2.32. The van der Waals surface area contributed by atoms with Crippen LogP contribution in [-0.2, 0) is 14.8 Å². The van der Waals surface area contributed by atoms with Crippen LogP contribution < -0.4 is 10.0 Å². The minimum Gasteiger partial charge on any atom is -0.480 e. The highest BCUT2D eigenvalue weighted by atomic mass is 32.2. The molecule has 110 valence electrons. The van der Waals surface area contributed by atoms with Crippen LogP contribution in [0.25, 0.3) is 0 Å². The van der Waals surface area contributed by atoms with Gasteiger partial charge in [0.25, 0.3) is 0 Å². The maximum absolute atomic E-state index is 11.7. The Labute approximate surface area is 118 Å². The van der Waals surface area contributed by atoms with E-state index in [0.717, 1.165) is 12.8 Å². The number of nitrogens with zero attached hydrogens (tertiary/aromatic N) is 1. The number of piperidine rings is 1. The average molecular weight is 298 g/mol. The second kappa shape index (κ2) is 5.41. The van der Waals surface area contributed by atoms with Crippen molar-refractivity contribution in [2.45, 2.75) is 30.7 Å². The predicted octanol–water partition coefficient (Wildman–Crippen LogP) is 1.02. The lowest BCUT2D eigenvalue weighted by Crippen LogP contribution is -2.50. The minimum atomic E-state index is -3.88. The second-order valence-corrected chi connectivity index (χ2v) is 6.64. The van der Waals surface area contributed by atoms with E-state index >= 15 is 0 Å². The first-order valence-electron chi connectivity index (χ1n) is 6.43. The summed E-state index contributed by atoms with van der Waals surface area (Å²) in [6, 6.07) is 5.54. The molecular formula is C13H18N2O4S. The molecule has 1 saturated heterocycles. The molecule has 1 aromatic rings. The zero-order valence-electron chi connectivity index (χ0n) is 11.2. The molecule has 0 aromatic heterocycles. The van der Waals surface area contributed by atoms with Gasteiger partial charge in [-0.1, -0.05) is 19.1 Å². The average Bonchev–Trinajstić information content (AvgIpc) is 2.37. The summed E-state index contributed by atoms with van der Waals surface area (Å²) < 4.78 is 23.3. The molecule has 3 N–H and O–H groups in total. The fourth-order valence-corrected chi connectivity index (χ4v) is 3.51. The van der Waals surface area contributed by atoms with Crippen LogP contribution in [0.3, 0.4) is 0 Å². The van der Waals surface area contributed by atoms with Gasteiger partial charge < -0.3 is 10.0 Å². The summed E-state index contributed by atoms with van der Waals surface area (Å²) in [5, 5.41) is 14.6. The zero-order chi connectivity index (χ0) is 14.9. The molecule has 6 nitrogen and oxygen atoms in total. The van der Waals surface area contributed by atoms with Gasteiger partial charge in [-0.3, -0.25) is 0 Å². The summed E-state index contributed by atoms with van der Waals surface area (Å²) in [4.78, 5) is 13.1. The van der Waals surface area contributed by atoms with Crippen molar-refractivity contribution in [3.8, 4) is 0 Å². The smallest absolute Gasteiger partial charge is 0.326 e. The molecule has 0 aliphatic carbocycles. The number of para-hydroxylation sites is 1. The Bertz CT molecular complexity index is 615. The molecule has 1 aliphatic heterocycles. The lowest BCUT2D eigenvalue weighted by Gasteiger charge is -2.39. The highest BCUT2D eigenvalue weighted by molar-refractivity contribution is 7.89. The van der Waals surface area contributed by atoms with Crippen molar-refractivity contribution in [3.63, 3.8) is 0 Å². The van der Waals surface area contributed by atoms with Gasteiger partial charge in [0.2, 0.25) is 10.0 Å². The van der Waals surface area contributed by atoms with Crippen LogP contribution >= 0.6 is 0 Å². The normalized spacial score (nSPS) is 23.6. The van der Waals surface area contributed by atoms with Crippen molar-refractivity contribution in [1.29, 1.82) is 0 Å². The van der Waals surface area contributed by atoms with E-state index in [0.29, 0.717) is 12.2 Å². The molecule has 1 aromatic carbocycles. The fourth-order valence-electron chi connectivity index (χ4n) is 2.77. The molecular weight excluding hydrogens is 280 g/mol. The number of benzene rings is 1. The van der Waals surface area contributed by atoms with Gasteiger partial charge in [-0.2, -0.15) is 0 Å². The van der Waals surface area contributed by atoms with Crippen molar-refractivity contribution < 1.29 is 18.3 Å². The number of nitrogens with two attached hydrogens (primary N) is 1. The van der Waals surface area contributed by atoms with Crippen LogP contribution in [0.4, 0.5) is 5.69 Å². The summed E-state index contributed by atoms with van der Waals surface area (Å²) in [6.07, 6.45) is 1.63. The van der Waals surface area contributed by atoms with Gasteiger partial charge in [0.1, 0.15) is 10.9 Å². The zero-order valence-corrected chi connectivity index (χ0v) is 12.0. The Morgan fingerprint density at radius 3 is 2.65 bits per heavy atom. The molecule has 0 spiro atoms. The maximum atomic E-state index is 11.7. The van der Waals surface area contributed by atoms with E-state index in [9.17, 15) is 18.3 Å². The standard InChI is InChI=1S/C13H18N2O4S/c1-9-5-4-8-15(12(9)13(16)17)10-6-2-3-7-11(10)20(14,18)19/h2-3,6-7,9,12H,4-5,8H2,1H3,(H,16,17)(H2,14,18,19). The molecule has 2 unspecified atom stereocenters. The first-order chi connectivity index (χ1) is 9.32. The van der Waals surface area contributed by atoms with Gasteiger partial charge in [-0.05, 0) is 30.9 Å². The van der Waals surface area contributed by atoms with E-state index in [4.69, 9.17) is 5.14 Å². The number of rotatable bonds is 3. The number of hydrogen-bond acceptors (Lipinski definition) is 4. The minimum absolute atomic E-state index is 0.0275. The molecule has 20 heavy (non-hydrogen) atoms. The monoisotopic (exact) mass is 298 g/mol. The number of carbonyl (C=O) groups is 1.